The van der Waals surface area contributed by atoms with Gasteiger partial charge in [0.25, 0.3) is 0 Å². The first-order valence-electron chi connectivity index (χ1n) is 7.81. The molecule has 0 bridgehead atoms. The normalized spacial score (nSPS) is 20.9. The second-order valence-corrected chi connectivity index (χ2v) is 6.50. The molecule has 2 aliphatic rings. The Hall–Kier alpha value is -1.27. The number of nitrogens with two attached hydrogens (primary N) is 1. The summed E-state index contributed by atoms with van der Waals surface area (Å²) in [6.07, 6.45) is 8.71. The highest BCUT2D eigenvalue weighted by Crippen LogP contribution is 2.23. The Bertz CT molecular complexity index is 475. The van der Waals surface area contributed by atoms with Crippen molar-refractivity contribution in [2.24, 2.45) is 11.7 Å². The zero-order chi connectivity index (χ0) is 14.7. The Morgan fingerprint density at radius 1 is 1.14 bits per heavy atom. The van der Waals surface area contributed by atoms with Crippen molar-refractivity contribution in [3.8, 4) is 0 Å². The third-order valence-corrected chi connectivity index (χ3v) is 4.75. The van der Waals surface area contributed by atoms with Crippen molar-refractivity contribution in [1.82, 2.24) is 14.9 Å². The van der Waals surface area contributed by atoms with Crippen LogP contribution in [0.25, 0.3) is 0 Å². The topological polar surface area (TPSA) is 58.3 Å². The van der Waals surface area contributed by atoms with Crippen molar-refractivity contribution in [3.05, 3.63) is 18.1 Å². The van der Waals surface area contributed by atoms with Crippen LogP contribution < -0.4 is 10.6 Å². The molecule has 114 valence electrons. The van der Waals surface area contributed by atoms with E-state index in [-0.39, 0.29) is 0 Å². The molecule has 3 heterocycles. The molecule has 0 radical (unpaired) electrons. The highest BCUT2D eigenvalue weighted by atomic mass is 32.1. The Morgan fingerprint density at radius 2 is 1.86 bits per heavy atom. The highest BCUT2D eigenvalue weighted by Gasteiger charge is 2.23. The fourth-order valence-electron chi connectivity index (χ4n) is 3.29. The second-order valence-electron chi connectivity index (χ2n) is 6.06. The molecule has 2 aliphatic heterocycles. The minimum atomic E-state index is 0.304. The van der Waals surface area contributed by atoms with E-state index < -0.39 is 0 Å². The summed E-state index contributed by atoms with van der Waals surface area (Å²) in [5, 5.41) is 0. The lowest BCUT2D eigenvalue weighted by molar-refractivity contribution is 0.249. The van der Waals surface area contributed by atoms with Crippen LogP contribution in [0.3, 0.4) is 0 Å². The predicted octanol–water partition coefficient (Wildman–Crippen LogP) is 1.42. The van der Waals surface area contributed by atoms with Crippen LogP contribution in [-0.2, 0) is 0 Å². The van der Waals surface area contributed by atoms with Crippen LogP contribution in [0.15, 0.2) is 12.4 Å². The summed E-state index contributed by atoms with van der Waals surface area (Å²) < 4.78 is 0. The van der Waals surface area contributed by atoms with Crippen molar-refractivity contribution in [3.63, 3.8) is 0 Å². The van der Waals surface area contributed by atoms with Gasteiger partial charge in [-0.25, -0.2) is 9.97 Å². The van der Waals surface area contributed by atoms with Crippen LogP contribution in [-0.4, -0.2) is 52.6 Å². The zero-order valence-electron chi connectivity index (χ0n) is 12.4. The summed E-state index contributed by atoms with van der Waals surface area (Å²) in [5.74, 6) is 1.78. The molecule has 1 aromatic heterocycles. The third kappa shape index (κ3) is 3.68. The summed E-state index contributed by atoms with van der Waals surface area (Å²) in [5.41, 5.74) is 6.14. The van der Waals surface area contributed by atoms with E-state index in [1.807, 2.05) is 0 Å². The number of thiocarbonyl (C=S) groups is 1. The quantitative estimate of drug-likeness (QED) is 0.849. The molecule has 6 heteroatoms. The number of likely N-dealkylation sites (tertiary alicyclic amines) is 1. The van der Waals surface area contributed by atoms with E-state index in [9.17, 15) is 0 Å². The molecule has 0 aliphatic carbocycles. The van der Waals surface area contributed by atoms with E-state index in [2.05, 4.69) is 19.8 Å². The van der Waals surface area contributed by atoms with Gasteiger partial charge in [0.05, 0.1) is 12.4 Å². The molecule has 2 N–H and O–H groups in total. The third-order valence-electron chi connectivity index (χ3n) is 4.54. The Balaban J connectivity index is 1.51. The van der Waals surface area contributed by atoms with Gasteiger partial charge in [0, 0.05) is 19.6 Å². The lowest BCUT2D eigenvalue weighted by Crippen LogP contribution is -2.38. The molecule has 0 amide bonds. The van der Waals surface area contributed by atoms with E-state index in [1.54, 1.807) is 12.4 Å². The van der Waals surface area contributed by atoms with Crippen molar-refractivity contribution in [2.45, 2.75) is 25.7 Å². The van der Waals surface area contributed by atoms with E-state index in [4.69, 9.17) is 18.0 Å². The number of rotatable bonds is 4. The second kappa shape index (κ2) is 6.66. The Labute approximate surface area is 131 Å². The average Bonchev–Trinajstić information content (AvgIpc) is 3.01. The Morgan fingerprint density at radius 3 is 2.43 bits per heavy atom. The molecule has 3 rings (SSSR count). The maximum Gasteiger partial charge on any atom is 0.147 e. The van der Waals surface area contributed by atoms with Gasteiger partial charge in [0.1, 0.15) is 16.5 Å². The van der Waals surface area contributed by atoms with Gasteiger partial charge in [0.2, 0.25) is 0 Å². The monoisotopic (exact) mass is 305 g/mol. The molecule has 21 heavy (non-hydrogen) atoms. The van der Waals surface area contributed by atoms with Gasteiger partial charge < -0.3 is 15.5 Å². The van der Waals surface area contributed by atoms with Gasteiger partial charge >= 0.3 is 0 Å². The van der Waals surface area contributed by atoms with Crippen LogP contribution in [0.2, 0.25) is 0 Å². The number of nitrogens with zero attached hydrogens (tertiary/aromatic N) is 4. The first-order valence-corrected chi connectivity index (χ1v) is 8.22. The zero-order valence-corrected chi connectivity index (χ0v) is 13.2. The van der Waals surface area contributed by atoms with Crippen LogP contribution >= 0.6 is 12.2 Å². The van der Waals surface area contributed by atoms with Gasteiger partial charge in [-0.05, 0) is 44.7 Å². The molecule has 0 atom stereocenters. The number of aromatic nitrogens is 2. The molecule has 0 spiro atoms. The summed E-state index contributed by atoms with van der Waals surface area (Å²) in [6, 6.07) is 0. The number of piperidine rings is 1. The van der Waals surface area contributed by atoms with Gasteiger partial charge in [-0.1, -0.05) is 12.2 Å². The summed E-state index contributed by atoms with van der Waals surface area (Å²) in [6.45, 7) is 6.01. The number of hydrogen-bond acceptors (Lipinski definition) is 5. The van der Waals surface area contributed by atoms with Crippen LogP contribution in [0, 0.1) is 5.92 Å². The van der Waals surface area contributed by atoms with Crippen molar-refractivity contribution >= 4 is 23.0 Å². The van der Waals surface area contributed by atoms with E-state index in [0.29, 0.717) is 10.7 Å². The first-order chi connectivity index (χ1) is 10.2. The van der Waals surface area contributed by atoms with Crippen molar-refractivity contribution in [1.29, 1.82) is 0 Å². The lowest BCUT2D eigenvalue weighted by atomic mass is 9.96. The summed E-state index contributed by atoms with van der Waals surface area (Å²) >= 11 is 4.90. The maximum atomic E-state index is 5.55. The standard InChI is InChI=1S/C15H23N5S/c16-15(21)13-9-18-14(10-17-13)20-7-3-12(4-8-20)11-19-5-1-2-6-19/h9-10,12H,1-8,11H2,(H2,16,21). The summed E-state index contributed by atoms with van der Waals surface area (Å²) in [4.78, 5) is 14.0. The molecule has 1 aromatic rings. The number of hydrogen-bond donors (Lipinski definition) is 1. The smallest absolute Gasteiger partial charge is 0.147 e. The fourth-order valence-corrected chi connectivity index (χ4v) is 3.39. The number of anilines is 1. The molecule has 2 saturated heterocycles. The van der Waals surface area contributed by atoms with Gasteiger partial charge in [-0.2, -0.15) is 0 Å². The average molecular weight is 305 g/mol. The van der Waals surface area contributed by atoms with Crippen LogP contribution in [0.5, 0.6) is 0 Å². The highest BCUT2D eigenvalue weighted by molar-refractivity contribution is 7.80. The predicted molar refractivity (Wildman–Crippen MR) is 88.5 cm³/mol. The summed E-state index contributed by atoms with van der Waals surface area (Å²) in [7, 11) is 0. The van der Waals surface area contributed by atoms with E-state index in [0.717, 1.165) is 24.8 Å². The SMILES string of the molecule is NC(=S)c1cnc(N2CCC(CN3CCCC3)CC2)cn1. The van der Waals surface area contributed by atoms with Crippen LogP contribution in [0.1, 0.15) is 31.4 Å². The first kappa shape index (κ1) is 14.7. The minimum Gasteiger partial charge on any atom is -0.388 e. The van der Waals surface area contributed by atoms with Gasteiger partial charge in [-0.3, -0.25) is 0 Å². The lowest BCUT2D eigenvalue weighted by Gasteiger charge is -2.34. The molecule has 0 saturated carbocycles. The molecule has 0 aromatic carbocycles. The molecular weight excluding hydrogens is 282 g/mol. The van der Waals surface area contributed by atoms with Gasteiger partial charge in [-0.15, -0.1) is 0 Å². The molecule has 2 fully saturated rings. The largest absolute Gasteiger partial charge is 0.388 e. The van der Waals surface area contributed by atoms with Crippen LogP contribution in [0.4, 0.5) is 5.82 Å². The maximum absolute atomic E-state index is 5.55. The fraction of sp³-hybridized carbons (Fsp3) is 0.667. The molecule has 5 nitrogen and oxygen atoms in total. The van der Waals surface area contributed by atoms with Crippen molar-refractivity contribution < 1.29 is 0 Å². The molecule has 0 unspecified atom stereocenters. The van der Waals surface area contributed by atoms with E-state index >= 15 is 0 Å². The Kier molecular flexibility index (Phi) is 4.65. The van der Waals surface area contributed by atoms with Gasteiger partial charge in [0.15, 0.2) is 0 Å². The minimum absolute atomic E-state index is 0.304. The van der Waals surface area contributed by atoms with Crippen molar-refractivity contribution in [2.75, 3.05) is 37.6 Å². The molecular formula is C15H23N5S. The van der Waals surface area contributed by atoms with E-state index in [1.165, 1.54) is 45.3 Å².